The Morgan fingerprint density at radius 1 is 1.29 bits per heavy atom. The Hall–Kier alpha value is -1.62. The minimum absolute atomic E-state index is 0.0229. The summed E-state index contributed by atoms with van der Waals surface area (Å²) in [5.74, 6) is -1.01. The number of carbonyl (C=O) groups excluding carboxylic acids is 2. The van der Waals surface area contributed by atoms with Crippen LogP contribution in [0.5, 0.6) is 0 Å². The highest BCUT2D eigenvalue weighted by molar-refractivity contribution is 6.06. The first-order valence-corrected chi connectivity index (χ1v) is 8.84. The molecule has 0 saturated carbocycles. The SMILES string of the molecule is CN(C(=O)C1C=CC2=COCC2C1=O)C1CCN(C(C)(C)C)CC1. The zero-order valence-corrected chi connectivity index (χ0v) is 15.1. The number of allylic oxidation sites excluding steroid dienone is 1. The number of Topliss-reactive ketones (excluding diaryl/α,β-unsaturated/α-hetero) is 1. The second kappa shape index (κ2) is 6.36. The van der Waals surface area contributed by atoms with Crippen molar-refractivity contribution in [1.82, 2.24) is 9.80 Å². The van der Waals surface area contributed by atoms with Crippen molar-refractivity contribution in [2.24, 2.45) is 11.8 Å². The number of piperidine rings is 1. The van der Waals surface area contributed by atoms with Crippen LogP contribution in [0.3, 0.4) is 0 Å². The summed E-state index contributed by atoms with van der Waals surface area (Å²) in [6.45, 7) is 9.02. The van der Waals surface area contributed by atoms with Crippen LogP contribution in [0.1, 0.15) is 33.6 Å². The lowest BCUT2D eigenvalue weighted by Crippen LogP contribution is -2.52. The highest BCUT2D eigenvalue weighted by atomic mass is 16.5. The van der Waals surface area contributed by atoms with Gasteiger partial charge in [0.15, 0.2) is 5.78 Å². The van der Waals surface area contributed by atoms with Gasteiger partial charge in [-0.05, 0) is 33.6 Å². The molecule has 3 rings (SSSR count). The van der Waals surface area contributed by atoms with Crippen molar-refractivity contribution >= 4 is 11.7 Å². The van der Waals surface area contributed by atoms with Crippen molar-refractivity contribution in [3.8, 4) is 0 Å². The van der Waals surface area contributed by atoms with E-state index in [0.717, 1.165) is 31.5 Å². The molecule has 132 valence electrons. The van der Waals surface area contributed by atoms with Crippen LogP contribution in [0, 0.1) is 11.8 Å². The molecule has 1 saturated heterocycles. The van der Waals surface area contributed by atoms with Crippen molar-refractivity contribution in [3.05, 3.63) is 24.0 Å². The first kappa shape index (κ1) is 17.2. The standard InChI is InChI=1S/C19H28N2O3/c1-19(2,3)21-9-7-14(8-10-21)20(4)18(23)15-6-5-13-11-24-12-16(13)17(15)22/h5-6,11,14-16H,7-10,12H2,1-4H3. The van der Waals surface area contributed by atoms with Gasteiger partial charge in [0.1, 0.15) is 12.5 Å². The van der Waals surface area contributed by atoms with E-state index in [1.54, 1.807) is 17.2 Å². The van der Waals surface area contributed by atoms with E-state index in [1.807, 2.05) is 13.1 Å². The number of hydrogen-bond acceptors (Lipinski definition) is 4. The first-order chi connectivity index (χ1) is 11.3. The van der Waals surface area contributed by atoms with E-state index in [9.17, 15) is 9.59 Å². The number of nitrogens with zero attached hydrogens (tertiary/aromatic N) is 2. The molecule has 0 aromatic heterocycles. The van der Waals surface area contributed by atoms with Crippen LogP contribution in [-0.4, -0.2) is 59.8 Å². The average molecular weight is 332 g/mol. The molecule has 2 unspecified atom stereocenters. The highest BCUT2D eigenvalue weighted by Gasteiger charge is 2.40. The molecule has 0 aromatic carbocycles. The van der Waals surface area contributed by atoms with Gasteiger partial charge in [-0.2, -0.15) is 0 Å². The molecule has 1 fully saturated rings. The summed E-state index contributed by atoms with van der Waals surface area (Å²) in [6, 6.07) is 0.217. The van der Waals surface area contributed by atoms with Crippen molar-refractivity contribution in [3.63, 3.8) is 0 Å². The molecule has 1 aliphatic carbocycles. The van der Waals surface area contributed by atoms with Gasteiger partial charge in [0.2, 0.25) is 5.91 Å². The summed E-state index contributed by atoms with van der Waals surface area (Å²) in [5, 5.41) is 0. The van der Waals surface area contributed by atoms with Gasteiger partial charge in [0, 0.05) is 37.3 Å². The largest absolute Gasteiger partial charge is 0.500 e. The molecule has 1 amide bonds. The van der Waals surface area contributed by atoms with Crippen LogP contribution in [0.4, 0.5) is 0 Å². The van der Waals surface area contributed by atoms with Crippen LogP contribution in [0.15, 0.2) is 24.0 Å². The third-order valence-corrected chi connectivity index (χ3v) is 5.59. The van der Waals surface area contributed by atoms with Gasteiger partial charge in [-0.1, -0.05) is 12.2 Å². The van der Waals surface area contributed by atoms with Crippen molar-refractivity contribution < 1.29 is 14.3 Å². The molecule has 2 atom stereocenters. The lowest BCUT2D eigenvalue weighted by molar-refractivity contribution is -0.142. The van der Waals surface area contributed by atoms with E-state index >= 15 is 0 Å². The molecule has 0 spiro atoms. The second-order valence-electron chi connectivity index (χ2n) is 8.08. The van der Waals surface area contributed by atoms with Crippen molar-refractivity contribution in [2.45, 2.75) is 45.2 Å². The van der Waals surface area contributed by atoms with Gasteiger partial charge in [-0.25, -0.2) is 0 Å². The summed E-state index contributed by atoms with van der Waals surface area (Å²) >= 11 is 0. The van der Waals surface area contributed by atoms with Gasteiger partial charge in [-0.15, -0.1) is 0 Å². The number of ether oxygens (including phenoxy) is 1. The Morgan fingerprint density at radius 3 is 2.58 bits per heavy atom. The number of fused-ring (bicyclic) bond motifs is 1. The summed E-state index contributed by atoms with van der Waals surface area (Å²) in [4.78, 5) is 29.7. The summed E-state index contributed by atoms with van der Waals surface area (Å²) in [7, 11) is 1.84. The Morgan fingerprint density at radius 2 is 1.96 bits per heavy atom. The monoisotopic (exact) mass is 332 g/mol. The molecule has 0 N–H and O–H groups in total. The van der Waals surface area contributed by atoms with E-state index in [2.05, 4.69) is 25.7 Å². The molecule has 2 aliphatic heterocycles. The lowest BCUT2D eigenvalue weighted by Gasteiger charge is -2.43. The average Bonchev–Trinajstić information content (AvgIpc) is 3.03. The number of likely N-dealkylation sites (tertiary alicyclic amines) is 1. The quantitative estimate of drug-likeness (QED) is 0.726. The molecule has 5 nitrogen and oxygen atoms in total. The van der Waals surface area contributed by atoms with Crippen molar-refractivity contribution in [2.75, 3.05) is 26.7 Å². The Labute approximate surface area is 144 Å². The molecule has 24 heavy (non-hydrogen) atoms. The van der Waals surface area contributed by atoms with Crippen LogP contribution in [0.25, 0.3) is 0 Å². The highest BCUT2D eigenvalue weighted by Crippen LogP contribution is 2.31. The Bertz CT molecular complexity index is 580. The smallest absolute Gasteiger partial charge is 0.237 e. The lowest BCUT2D eigenvalue weighted by atomic mass is 9.82. The Kier molecular flexibility index (Phi) is 4.56. The van der Waals surface area contributed by atoms with Crippen LogP contribution in [-0.2, 0) is 14.3 Å². The van der Waals surface area contributed by atoms with E-state index in [1.165, 1.54) is 0 Å². The molecular formula is C19H28N2O3. The predicted molar refractivity (Wildman–Crippen MR) is 92.3 cm³/mol. The topological polar surface area (TPSA) is 49.9 Å². The zero-order chi connectivity index (χ0) is 17.5. The summed E-state index contributed by atoms with van der Waals surface area (Å²) in [6.07, 6.45) is 7.16. The van der Waals surface area contributed by atoms with Crippen LogP contribution >= 0.6 is 0 Å². The molecule has 5 heteroatoms. The first-order valence-electron chi connectivity index (χ1n) is 8.84. The number of hydrogen-bond donors (Lipinski definition) is 0. The zero-order valence-electron chi connectivity index (χ0n) is 15.1. The number of carbonyl (C=O) groups is 2. The van der Waals surface area contributed by atoms with Gasteiger partial charge >= 0.3 is 0 Å². The third-order valence-electron chi connectivity index (χ3n) is 5.59. The summed E-state index contributed by atoms with van der Waals surface area (Å²) in [5.41, 5.74) is 1.06. The minimum Gasteiger partial charge on any atom is -0.500 e. The number of rotatable bonds is 2. The van der Waals surface area contributed by atoms with Gasteiger partial charge in [0.05, 0.1) is 12.2 Å². The fourth-order valence-electron chi connectivity index (χ4n) is 3.87. The molecule has 2 heterocycles. The normalized spacial score (nSPS) is 28.3. The van der Waals surface area contributed by atoms with E-state index in [0.29, 0.717) is 6.61 Å². The number of amides is 1. The van der Waals surface area contributed by atoms with Gasteiger partial charge < -0.3 is 9.64 Å². The van der Waals surface area contributed by atoms with Gasteiger partial charge in [-0.3, -0.25) is 14.5 Å². The van der Waals surface area contributed by atoms with E-state index in [-0.39, 0.29) is 29.2 Å². The summed E-state index contributed by atoms with van der Waals surface area (Å²) < 4.78 is 5.25. The fraction of sp³-hybridized carbons (Fsp3) is 0.684. The molecule has 3 aliphatic rings. The van der Waals surface area contributed by atoms with E-state index in [4.69, 9.17) is 4.74 Å². The van der Waals surface area contributed by atoms with Crippen molar-refractivity contribution in [1.29, 1.82) is 0 Å². The molecule has 0 bridgehead atoms. The van der Waals surface area contributed by atoms with E-state index < -0.39 is 5.92 Å². The van der Waals surface area contributed by atoms with Gasteiger partial charge in [0.25, 0.3) is 0 Å². The maximum absolute atomic E-state index is 12.9. The molecular weight excluding hydrogens is 304 g/mol. The Balaban J connectivity index is 1.63. The number of ketones is 1. The molecule has 0 aromatic rings. The predicted octanol–water partition coefficient (Wildman–Crippen LogP) is 1.99. The maximum atomic E-state index is 12.9. The molecule has 0 radical (unpaired) electrons. The third kappa shape index (κ3) is 3.14. The second-order valence-corrected chi connectivity index (χ2v) is 8.08. The van der Waals surface area contributed by atoms with Crippen LogP contribution in [0.2, 0.25) is 0 Å². The fourth-order valence-corrected chi connectivity index (χ4v) is 3.87. The minimum atomic E-state index is -0.653. The van der Waals surface area contributed by atoms with Crippen LogP contribution < -0.4 is 0 Å². The maximum Gasteiger partial charge on any atom is 0.237 e.